The fourth-order valence-corrected chi connectivity index (χ4v) is 3.59. The van der Waals surface area contributed by atoms with Gasteiger partial charge in [-0.25, -0.2) is 0 Å². The van der Waals surface area contributed by atoms with Crippen molar-refractivity contribution in [3.05, 3.63) is 12.3 Å². The summed E-state index contributed by atoms with van der Waals surface area (Å²) >= 11 is 0. The molecule has 0 fully saturated rings. The normalized spacial score (nSPS) is 13.4. The van der Waals surface area contributed by atoms with Gasteiger partial charge in [-0.2, -0.15) is 0 Å². The molecule has 0 aromatic heterocycles. The van der Waals surface area contributed by atoms with Gasteiger partial charge in [-0.05, 0) is 24.1 Å². The van der Waals surface area contributed by atoms with Gasteiger partial charge in [0.15, 0.2) is 8.24 Å². The topological polar surface area (TPSA) is 3.24 Å². The molecule has 0 aliphatic carbocycles. The number of nitrogens with zero attached hydrogens (tertiary/aromatic N) is 1. The first-order valence-corrected chi connectivity index (χ1v) is 9.65. The van der Waals surface area contributed by atoms with Crippen molar-refractivity contribution in [2.75, 3.05) is 6.54 Å². The maximum atomic E-state index is 2.65. The highest BCUT2D eigenvalue weighted by Gasteiger charge is 2.39. The summed E-state index contributed by atoms with van der Waals surface area (Å²) < 4.78 is 2.65. The Bertz CT molecular complexity index is 213. The maximum Gasteiger partial charge on any atom is 0.155 e. The van der Waals surface area contributed by atoms with Crippen LogP contribution in [0.1, 0.15) is 53.9 Å². The molecule has 0 amide bonds. The number of allylic oxidation sites excluding steroid dienone is 1. The molecule has 0 saturated carbocycles. The van der Waals surface area contributed by atoms with Crippen LogP contribution in [0.3, 0.4) is 0 Å². The van der Waals surface area contributed by atoms with E-state index >= 15 is 0 Å². The van der Waals surface area contributed by atoms with Crippen molar-refractivity contribution in [3.63, 3.8) is 0 Å². The molecule has 0 unspecified atom stereocenters. The van der Waals surface area contributed by atoms with Crippen LogP contribution < -0.4 is 0 Å². The highest BCUT2D eigenvalue weighted by atomic mass is 28.3. The van der Waals surface area contributed by atoms with Crippen molar-refractivity contribution in [2.24, 2.45) is 0 Å². The molecular formula is C14H31NSi. The first-order chi connectivity index (χ1) is 7.27. The van der Waals surface area contributed by atoms with Gasteiger partial charge in [0.05, 0.1) is 0 Å². The minimum atomic E-state index is -1.36. The third-order valence-corrected chi connectivity index (χ3v) is 9.31. The van der Waals surface area contributed by atoms with E-state index in [1.165, 1.54) is 19.4 Å². The molecule has 0 aliphatic rings. The Morgan fingerprint density at radius 3 is 2.06 bits per heavy atom. The molecule has 0 bridgehead atoms. The average Bonchev–Trinajstić information content (AvgIpc) is 2.16. The Balaban J connectivity index is 4.79. The predicted molar refractivity (Wildman–Crippen MR) is 78.2 cm³/mol. The second kappa shape index (κ2) is 6.48. The van der Waals surface area contributed by atoms with Crippen molar-refractivity contribution in [1.82, 2.24) is 4.57 Å². The molecule has 96 valence electrons. The van der Waals surface area contributed by atoms with Crippen molar-refractivity contribution >= 4 is 8.24 Å². The van der Waals surface area contributed by atoms with Gasteiger partial charge in [0.1, 0.15) is 0 Å². The molecule has 0 aromatic carbocycles. The van der Waals surface area contributed by atoms with Crippen molar-refractivity contribution in [2.45, 2.75) is 72.0 Å². The van der Waals surface area contributed by atoms with Gasteiger partial charge in [0.2, 0.25) is 0 Å². The fraction of sp³-hybridized carbons (Fsp3) is 0.857. The molecule has 0 spiro atoms. The highest BCUT2D eigenvalue weighted by molar-refractivity contribution is 6.77. The van der Waals surface area contributed by atoms with E-state index in [4.69, 9.17) is 0 Å². The second-order valence-electron chi connectivity index (χ2n) is 6.15. The summed E-state index contributed by atoms with van der Waals surface area (Å²) in [5.41, 5.74) is 0. The van der Waals surface area contributed by atoms with Gasteiger partial charge >= 0.3 is 0 Å². The van der Waals surface area contributed by atoms with Gasteiger partial charge in [0, 0.05) is 6.54 Å². The van der Waals surface area contributed by atoms with Crippen LogP contribution in [0.5, 0.6) is 0 Å². The number of hydrogen-bond donors (Lipinski definition) is 0. The van der Waals surface area contributed by atoms with Gasteiger partial charge in [-0.15, -0.1) is 0 Å². The summed E-state index contributed by atoms with van der Waals surface area (Å²) in [5.74, 6) is 0. The standard InChI is InChI=1S/C14H31NSi/c1-8-10-12-15(13-11-9-2)16(6,7)14(3,4)5/h10,12H,8-9,11,13H2,1-7H3. The van der Waals surface area contributed by atoms with Gasteiger partial charge in [0.25, 0.3) is 0 Å². The summed E-state index contributed by atoms with van der Waals surface area (Å²) in [7, 11) is -1.36. The van der Waals surface area contributed by atoms with E-state index in [9.17, 15) is 0 Å². The van der Waals surface area contributed by atoms with E-state index in [2.05, 4.69) is 64.6 Å². The zero-order valence-corrected chi connectivity index (χ0v) is 13.4. The number of unbranched alkanes of at least 4 members (excludes halogenated alkanes) is 1. The molecule has 16 heavy (non-hydrogen) atoms. The van der Waals surface area contributed by atoms with E-state index in [-0.39, 0.29) is 0 Å². The Hall–Kier alpha value is -0.243. The van der Waals surface area contributed by atoms with E-state index in [0.29, 0.717) is 5.04 Å². The Kier molecular flexibility index (Phi) is 6.38. The first-order valence-electron chi connectivity index (χ1n) is 6.70. The van der Waals surface area contributed by atoms with Crippen LogP contribution in [0, 0.1) is 0 Å². The fourth-order valence-electron chi connectivity index (χ4n) is 1.53. The van der Waals surface area contributed by atoms with Crippen molar-refractivity contribution < 1.29 is 0 Å². The van der Waals surface area contributed by atoms with Crippen LogP contribution in [-0.4, -0.2) is 19.3 Å². The SMILES string of the molecule is CCC=CN(CCCC)[Si](C)(C)C(C)(C)C. The third kappa shape index (κ3) is 4.32. The van der Waals surface area contributed by atoms with Crippen LogP contribution in [0.2, 0.25) is 18.1 Å². The minimum absolute atomic E-state index is 0.429. The van der Waals surface area contributed by atoms with Crippen LogP contribution in [-0.2, 0) is 0 Å². The monoisotopic (exact) mass is 241 g/mol. The minimum Gasteiger partial charge on any atom is -0.403 e. The smallest absolute Gasteiger partial charge is 0.155 e. The van der Waals surface area contributed by atoms with E-state index in [1.54, 1.807) is 0 Å². The van der Waals surface area contributed by atoms with E-state index < -0.39 is 8.24 Å². The van der Waals surface area contributed by atoms with Gasteiger partial charge in [-0.3, -0.25) is 0 Å². The highest BCUT2D eigenvalue weighted by Crippen LogP contribution is 2.38. The average molecular weight is 241 g/mol. The summed E-state index contributed by atoms with van der Waals surface area (Å²) in [4.78, 5) is 0. The van der Waals surface area contributed by atoms with E-state index in [1.807, 2.05) is 0 Å². The molecule has 0 atom stereocenters. The third-order valence-electron chi connectivity index (χ3n) is 3.83. The molecular weight excluding hydrogens is 210 g/mol. The van der Waals surface area contributed by atoms with Crippen LogP contribution in [0.25, 0.3) is 0 Å². The van der Waals surface area contributed by atoms with Gasteiger partial charge in [-0.1, -0.05) is 60.2 Å². The quantitative estimate of drug-likeness (QED) is 0.590. The Morgan fingerprint density at radius 2 is 1.69 bits per heavy atom. The molecule has 0 saturated heterocycles. The van der Waals surface area contributed by atoms with Crippen LogP contribution >= 0.6 is 0 Å². The Labute approximate surface area is 104 Å². The Morgan fingerprint density at radius 1 is 1.12 bits per heavy atom. The maximum absolute atomic E-state index is 2.65. The lowest BCUT2D eigenvalue weighted by molar-refractivity contribution is 0.490. The lowest BCUT2D eigenvalue weighted by atomic mass is 10.2. The van der Waals surface area contributed by atoms with Crippen LogP contribution in [0.15, 0.2) is 12.3 Å². The largest absolute Gasteiger partial charge is 0.403 e. The van der Waals surface area contributed by atoms with Gasteiger partial charge < -0.3 is 4.57 Å². The zero-order valence-electron chi connectivity index (χ0n) is 12.4. The molecule has 0 aliphatic heterocycles. The molecule has 0 aromatic rings. The second-order valence-corrected chi connectivity index (χ2v) is 11.3. The van der Waals surface area contributed by atoms with E-state index in [0.717, 1.165) is 6.42 Å². The number of hydrogen-bond acceptors (Lipinski definition) is 1. The molecule has 0 rings (SSSR count). The molecule has 0 radical (unpaired) electrons. The summed E-state index contributed by atoms with van der Waals surface area (Å²) in [6, 6.07) is 0. The molecule has 1 nitrogen and oxygen atoms in total. The van der Waals surface area contributed by atoms with Crippen molar-refractivity contribution in [3.8, 4) is 0 Å². The predicted octanol–water partition coefficient (Wildman–Crippen LogP) is 5.02. The lowest BCUT2D eigenvalue weighted by Gasteiger charge is -2.45. The molecule has 0 N–H and O–H groups in total. The first kappa shape index (κ1) is 15.8. The summed E-state index contributed by atoms with van der Waals surface area (Å²) in [5, 5.41) is 0.429. The lowest BCUT2D eigenvalue weighted by Crippen LogP contribution is -2.52. The molecule has 0 heterocycles. The number of rotatable bonds is 6. The van der Waals surface area contributed by atoms with Crippen LogP contribution in [0.4, 0.5) is 0 Å². The van der Waals surface area contributed by atoms with Crippen molar-refractivity contribution in [1.29, 1.82) is 0 Å². The summed E-state index contributed by atoms with van der Waals surface area (Å²) in [6.07, 6.45) is 8.38. The molecule has 2 heteroatoms. The zero-order chi connectivity index (χ0) is 12.8. The summed E-state index contributed by atoms with van der Waals surface area (Å²) in [6.45, 7) is 17.8.